The largest absolute Gasteiger partial charge is 0.371 e. The summed E-state index contributed by atoms with van der Waals surface area (Å²) >= 11 is 0. The van der Waals surface area contributed by atoms with Crippen LogP contribution >= 0.6 is 0 Å². The average molecular weight is 349 g/mol. The molecule has 7 nitrogen and oxygen atoms in total. The monoisotopic (exact) mass is 349 g/mol. The maximum Gasteiger partial charge on any atom is 0.259 e. The Hall–Kier alpha value is -1.93. The van der Waals surface area contributed by atoms with Crippen molar-refractivity contribution >= 4 is 15.7 Å². The topological polar surface area (TPSA) is 80.1 Å². The summed E-state index contributed by atoms with van der Waals surface area (Å²) in [6.07, 6.45) is 6.76. The van der Waals surface area contributed by atoms with Gasteiger partial charge in [-0.2, -0.15) is 0 Å². The summed E-state index contributed by atoms with van der Waals surface area (Å²) in [7, 11) is -1.76. The van der Waals surface area contributed by atoms with Crippen LogP contribution in [0.3, 0.4) is 0 Å². The molecule has 0 amide bonds. The standard InChI is InChI=1S/C16H23N5O2S/c1-13-9-15(3-6-17-13)21-7-4-14(5-8-21)10-19-24(22,23)16-11-20(2)12-18-16/h3,6,9,11-12,14,19H,4-5,7-8,10H2,1-2H3. The highest BCUT2D eigenvalue weighted by molar-refractivity contribution is 7.89. The first-order valence-corrected chi connectivity index (χ1v) is 9.57. The van der Waals surface area contributed by atoms with Crippen molar-refractivity contribution in [2.24, 2.45) is 13.0 Å². The van der Waals surface area contributed by atoms with E-state index >= 15 is 0 Å². The Morgan fingerprint density at radius 1 is 1.29 bits per heavy atom. The summed E-state index contributed by atoms with van der Waals surface area (Å²) in [6, 6.07) is 4.11. The number of aromatic nitrogens is 3. The van der Waals surface area contributed by atoms with Crippen LogP contribution in [0, 0.1) is 12.8 Å². The maximum absolute atomic E-state index is 12.2. The van der Waals surface area contributed by atoms with Crippen molar-refractivity contribution in [1.82, 2.24) is 19.3 Å². The quantitative estimate of drug-likeness (QED) is 0.880. The predicted molar refractivity (Wildman–Crippen MR) is 92.3 cm³/mol. The molecule has 0 aliphatic carbocycles. The Morgan fingerprint density at radius 2 is 2.04 bits per heavy atom. The van der Waals surface area contributed by atoms with Gasteiger partial charge in [-0.3, -0.25) is 4.98 Å². The fourth-order valence-electron chi connectivity index (χ4n) is 2.95. The molecular weight excluding hydrogens is 326 g/mol. The van der Waals surface area contributed by atoms with Crippen molar-refractivity contribution in [3.8, 4) is 0 Å². The highest BCUT2D eigenvalue weighted by atomic mass is 32.2. The van der Waals surface area contributed by atoms with Gasteiger partial charge in [0.25, 0.3) is 10.0 Å². The van der Waals surface area contributed by atoms with E-state index in [1.54, 1.807) is 11.6 Å². The molecule has 1 saturated heterocycles. The summed E-state index contributed by atoms with van der Waals surface area (Å²) in [6.45, 7) is 4.31. The van der Waals surface area contributed by atoms with E-state index in [1.807, 2.05) is 19.2 Å². The van der Waals surface area contributed by atoms with E-state index in [1.165, 1.54) is 18.2 Å². The van der Waals surface area contributed by atoms with Gasteiger partial charge in [-0.1, -0.05) is 0 Å². The molecule has 2 aromatic rings. The summed E-state index contributed by atoms with van der Waals surface area (Å²) in [5.41, 5.74) is 2.20. The molecule has 0 atom stereocenters. The minimum Gasteiger partial charge on any atom is -0.371 e. The van der Waals surface area contributed by atoms with Crippen molar-refractivity contribution in [2.45, 2.75) is 24.8 Å². The highest BCUT2D eigenvalue weighted by Gasteiger charge is 2.23. The molecule has 3 rings (SSSR count). The minimum atomic E-state index is -3.51. The smallest absolute Gasteiger partial charge is 0.259 e. The number of nitrogens with one attached hydrogen (secondary N) is 1. The van der Waals surface area contributed by atoms with Crippen molar-refractivity contribution in [2.75, 3.05) is 24.5 Å². The Bertz CT molecular complexity index is 794. The van der Waals surface area contributed by atoms with E-state index in [0.29, 0.717) is 12.5 Å². The van der Waals surface area contributed by atoms with Gasteiger partial charge in [0, 0.05) is 50.5 Å². The van der Waals surface area contributed by atoms with Crippen LogP contribution < -0.4 is 9.62 Å². The number of rotatable bonds is 5. The van der Waals surface area contributed by atoms with E-state index in [-0.39, 0.29) is 5.03 Å². The first kappa shape index (κ1) is 16.9. The first-order valence-electron chi connectivity index (χ1n) is 8.09. The number of sulfonamides is 1. The zero-order valence-electron chi connectivity index (χ0n) is 14.0. The number of aryl methyl sites for hydroxylation is 2. The molecule has 0 unspecified atom stereocenters. The lowest BCUT2D eigenvalue weighted by Gasteiger charge is -2.33. The van der Waals surface area contributed by atoms with E-state index < -0.39 is 10.0 Å². The molecule has 2 aromatic heterocycles. The zero-order chi connectivity index (χ0) is 17.2. The molecule has 1 aliphatic heterocycles. The Morgan fingerprint density at radius 3 is 2.67 bits per heavy atom. The molecule has 1 N–H and O–H groups in total. The van der Waals surface area contributed by atoms with Crippen molar-refractivity contribution in [1.29, 1.82) is 0 Å². The van der Waals surface area contributed by atoms with Gasteiger partial charge < -0.3 is 9.47 Å². The number of hydrogen-bond acceptors (Lipinski definition) is 5. The number of piperidine rings is 1. The number of nitrogens with zero attached hydrogens (tertiary/aromatic N) is 4. The lowest BCUT2D eigenvalue weighted by Crippen LogP contribution is -2.38. The average Bonchev–Trinajstić information content (AvgIpc) is 3.01. The van der Waals surface area contributed by atoms with E-state index in [9.17, 15) is 8.42 Å². The number of imidazole rings is 1. The second kappa shape index (κ2) is 6.90. The lowest BCUT2D eigenvalue weighted by molar-refractivity contribution is 0.401. The molecule has 0 radical (unpaired) electrons. The van der Waals surface area contributed by atoms with Gasteiger partial charge in [0.2, 0.25) is 0 Å². The molecule has 8 heteroatoms. The Kier molecular flexibility index (Phi) is 4.86. The van der Waals surface area contributed by atoms with Crippen molar-refractivity contribution in [3.05, 3.63) is 36.5 Å². The van der Waals surface area contributed by atoms with Gasteiger partial charge in [-0.25, -0.2) is 18.1 Å². The summed E-state index contributed by atoms with van der Waals surface area (Å²) in [5, 5.41) is 0.0784. The van der Waals surface area contributed by atoms with Gasteiger partial charge in [0.1, 0.15) is 0 Å². The maximum atomic E-state index is 12.2. The van der Waals surface area contributed by atoms with Crippen LogP contribution in [0.25, 0.3) is 0 Å². The molecule has 24 heavy (non-hydrogen) atoms. The first-order chi connectivity index (χ1) is 11.4. The van der Waals surface area contributed by atoms with Crippen LogP contribution in [0.1, 0.15) is 18.5 Å². The fourth-order valence-corrected chi connectivity index (χ4v) is 4.05. The predicted octanol–water partition coefficient (Wildman–Crippen LogP) is 1.32. The Labute approximate surface area is 142 Å². The van der Waals surface area contributed by atoms with Crippen LogP contribution in [0.5, 0.6) is 0 Å². The third-order valence-electron chi connectivity index (χ3n) is 4.38. The van der Waals surface area contributed by atoms with Gasteiger partial charge in [0.05, 0.1) is 6.33 Å². The molecule has 1 fully saturated rings. The van der Waals surface area contributed by atoms with Crippen LogP contribution in [0.2, 0.25) is 0 Å². The van der Waals surface area contributed by atoms with Crippen LogP contribution in [0.15, 0.2) is 35.9 Å². The molecule has 0 spiro atoms. The SMILES string of the molecule is Cc1cc(N2CCC(CNS(=O)(=O)c3cn(C)cn3)CC2)ccn1. The van der Waals surface area contributed by atoms with Gasteiger partial charge in [0.15, 0.2) is 5.03 Å². The normalized spacial score (nSPS) is 16.5. The number of pyridine rings is 1. The molecule has 0 bridgehead atoms. The minimum absolute atomic E-state index is 0.0784. The highest BCUT2D eigenvalue weighted by Crippen LogP contribution is 2.23. The molecular formula is C16H23N5O2S. The number of hydrogen-bond donors (Lipinski definition) is 1. The van der Waals surface area contributed by atoms with E-state index in [4.69, 9.17) is 0 Å². The summed E-state index contributed by atoms with van der Waals surface area (Å²) in [5.74, 6) is 0.350. The molecule has 0 aromatic carbocycles. The van der Waals surface area contributed by atoms with E-state index in [2.05, 4.69) is 25.7 Å². The van der Waals surface area contributed by atoms with Gasteiger partial charge in [-0.15, -0.1) is 0 Å². The van der Waals surface area contributed by atoms with Crippen LogP contribution in [-0.4, -0.2) is 42.6 Å². The van der Waals surface area contributed by atoms with Crippen molar-refractivity contribution < 1.29 is 8.42 Å². The van der Waals surface area contributed by atoms with E-state index in [0.717, 1.165) is 31.6 Å². The molecule has 1 aliphatic rings. The van der Waals surface area contributed by atoms with Gasteiger partial charge >= 0.3 is 0 Å². The second-order valence-electron chi connectivity index (χ2n) is 6.32. The van der Waals surface area contributed by atoms with Gasteiger partial charge in [-0.05, 0) is 37.8 Å². The number of anilines is 1. The third-order valence-corrected chi connectivity index (χ3v) is 5.69. The van der Waals surface area contributed by atoms with Crippen LogP contribution in [0.4, 0.5) is 5.69 Å². The molecule has 130 valence electrons. The molecule has 0 saturated carbocycles. The zero-order valence-corrected chi connectivity index (χ0v) is 14.8. The van der Waals surface area contributed by atoms with Crippen LogP contribution in [-0.2, 0) is 17.1 Å². The molecule has 3 heterocycles. The summed E-state index contributed by atoms with van der Waals surface area (Å²) < 4.78 is 28.7. The lowest BCUT2D eigenvalue weighted by atomic mass is 9.97. The second-order valence-corrected chi connectivity index (χ2v) is 8.03. The Balaban J connectivity index is 1.52. The third kappa shape index (κ3) is 3.93. The fraction of sp³-hybridized carbons (Fsp3) is 0.500. The van der Waals surface area contributed by atoms with Crippen molar-refractivity contribution in [3.63, 3.8) is 0 Å². The summed E-state index contributed by atoms with van der Waals surface area (Å²) in [4.78, 5) is 10.5.